The van der Waals surface area contributed by atoms with E-state index in [1.807, 2.05) is 0 Å². The van der Waals surface area contributed by atoms with Gasteiger partial charge in [0.2, 0.25) is 0 Å². The van der Waals surface area contributed by atoms with Crippen LogP contribution in [0.3, 0.4) is 0 Å². The van der Waals surface area contributed by atoms with Gasteiger partial charge in [-0.25, -0.2) is 13.2 Å². The third-order valence-corrected chi connectivity index (χ3v) is 4.54. The molecule has 0 aliphatic heterocycles. The third kappa shape index (κ3) is 4.26. The predicted molar refractivity (Wildman–Crippen MR) is 92.0 cm³/mol. The van der Waals surface area contributed by atoms with Crippen LogP contribution >= 0.6 is 10.7 Å². The first-order valence-corrected chi connectivity index (χ1v) is 9.26. The minimum atomic E-state index is -4.41. The van der Waals surface area contributed by atoms with Gasteiger partial charge in [-0.3, -0.25) is 4.79 Å². The number of carboxylic acids is 1. The molecule has 6 nitrogen and oxygen atoms in total. The molecule has 0 heterocycles. The summed E-state index contributed by atoms with van der Waals surface area (Å²) in [5.41, 5.74) is -0.494. The molecule has 25 heavy (non-hydrogen) atoms. The second-order valence-corrected chi connectivity index (χ2v) is 7.42. The average molecular weight is 381 g/mol. The number of carboxylic acid groups (broad SMARTS) is 1. The molecule has 0 aromatic heterocycles. The van der Waals surface area contributed by atoms with E-state index in [4.69, 9.17) is 15.4 Å². The number of carbonyl (C=O) groups is 2. The van der Waals surface area contributed by atoms with Crippen molar-refractivity contribution >= 4 is 31.5 Å². The highest BCUT2D eigenvalue weighted by Gasteiger charge is 2.28. The Morgan fingerprint density at radius 2 is 1.80 bits per heavy atom. The molecule has 0 saturated carbocycles. The molecule has 2 rings (SSSR count). The highest BCUT2D eigenvalue weighted by molar-refractivity contribution is 8.13. The van der Waals surface area contributed by atoms with Gasteiger partial charge in [-0.1, -0.05) is 43.0 Å². The maximum absolute atomic E-state index is 12.8. The van der Waals surface area contributed by atoms with Crippen molar-refractivity contribution in [3.8, 4) is 5.75 Å². The topological polar surface area (TPSA) is 97.7 Å². The fraction of sp³-hybridized carbons (Fsp3) is 0.0588. The van der Waals surface area contributed by atoms with E-state index in [0.717, 1.165) is 12.1 Å². The summed E-state index contributed by atoms with van der Waals surface area (Å²) in [6.07, 6.45) is 1.37. The van der Waals surface area contributed by atoms with Crippen LogP contribution in [0.25, 0.3) is 0 Å². The monoisotopic (exact) mass is 380 g/mol. The van der Waals surface area contributed by atoms with Crippen LogP contribution in [-0.2, 0) is 9.05 Å². The van der Waals surface area contributed by atoms with Gasteiger partial charge in [0, 0.05) is 16.2 Å². The first kappa shape index (κ1) is 18.7. The standard InChI is InChI=1S/C17H13ClO6S/c1-2-8-24-13-9-12(17(20)21)10-14(25(18,22)23)15(13)16(19)11-6-4-3-5-7-11/h2-7,9-10H,1,8H2,(H,20,21). The molecule has 0 amide bonds. The third-order valence-electron chi connectivity index (χ3n) is 3.20. The molecule has 0 fully saturated rings. The lowest BCUT2D eigenvalue weighted by molar-refractivity contribution is 0.0695. The number of rotatable bonds is 7. The zero-order valence-corrected chi connectivity index (χ0v) is 14.4. The summed E-state index contributed by atoms with van der Waals surface area (Å²) >= 11 is 0. The van der Waals surface area contributed by atoms with Crippen LogP contribution in [0.15, 0.2) is 60.0 Å². The quantitative estimate of drug-likeness (QED) is 0.450. The molecule has 0 saturated heterocycles. The van der Waals surface area contributed by atoms with Crippen LogP contribution in [0.2, 0.25) is 0 Å². The maximum atomic E-state index is 12.8. The molecule has 0 spiro atoms. The minimum Gasteiger partial charge on any atom is -0.489 e. The molecule has 2 aromatic rings. The van der Waals surface area contributed by atoms with Gasteiger partial charge in [0.15, 0.2) is 5.78 Å². The number of ether oxygens (including phenoxy) is 1. The Bertz CT molecular complexity index is 935. The van der Waals surface area contributed by atoms with Gasteiger partial charge in [-0.05, 0) is 12.1 Å². The van der Waals surface area contributed by atoms with Crippen molar-refractivity contribution in [1.82, 2.24) is 0 Å². The molecule has 130 valence electrons. The highest BCUT2D eigenvalue weighted by Crippen LogP contribution is 2.32. The molecular formula is C17H13ClO6S. The summed E-state index contributed by atoms with van der Waals surface area (Å²) in [7, 11) is 1.02. The van der Waals surface area contributed by atoms with E-state index in [1.165, 1.54) is 18.2 Å². The number of aromatic carboxylic acids is 1. The van der Waals surface area contributed by atoms with Crippen LogP contribution in [0, 0.1) is 0 Å². The van der Waals surface area contributed by atoms with E-state index in [2.05, 4.69) is 6.58 Å². The first-order chi connectivity index (χ1) is 11.8. The van der Waals surface area contributed by atoms with Gasteiger partial charge >= 0.3 is 5.97 Å². The zero-order chi connectivity index (χ0) is 18.6. The molecule has 8 heteroatoms. The van der Waals surface area contributed by atoms with Crippen molar-refractivity contribution in [1.29, 1.82) is 0 Å². The summed E-state index contributed by atoms with van der Waals surface area (Å²) < 4.78 is 29.2. The largest absolute Gasteiger partial charge is 0.489 e. The second-order valence-electron chi connectivity index (χ2n) is 4.89. The summed E-state index contributed by atoms with van der Waals surface area (Å²) in [6.45, 7) is 3.41. The van der Waals surface area contributed by atoms with Crippen LogP contribution in [-0.4, -0.2) is 31.9 Å². The Morgan fingerprint density at radius 3 is 2.32 bits per heavy atom. The van der Waals surface area contributed by atoms with Crippen molar-refractivity contribution < 1.29 is 27.9 Å². The van der Waals surface area contributed by atoms with Crippen molar-refractivity contribution in [2.45, 2.75) is 4.90 Å². The number of halogens is 1. The molecule has 0 atom stereocenters. The second kappa shape index (κ2) is 7.50. The molecule has 0 aliphatic carbocycles. The van der Waals surface area contributed by atoms with Crippen molar-refractivity contribution in [3.05, 3.63) is 71.8 Å². The highest BCUT2D eigenvalue weighted by atomic mass is 35.7. The van der Waals surface area contributed by atoms with Crippen LogP contribution < -0.4 is 4.74 Å². The van der Waals surface area contributed by atoms with Crippen molar-refractivity contribution in [2.75, 3.05) is 6.61 Å². The summed E-state index contributed by atoms with van der Waals surface area (Å²) in [6, 6.07) is 9.81. The van der Waals surface area contributed by atoms with Crippen LogP contribution in [0.5, 0.6) is 5.75 Å². The number of ketones is 1. The minimum absolute atomic E-state index is 0.0556. The molecule has 0 aliphatic rings. The Balaban J connectivity index is 2.79. The zero-order valence-electron chi connectivity index (χ0n) is 12.8. The Labute approximate surface area is 148 Å². The van der Waals surface area contributed by atoms with Gasteiger partial charge in [-0.15, -0.1) is 0 Å². The molecule has 1 N–H and O–H groups in total. The fourth-order valence-corrected chi connectivity index (χ4v) is 3.20. The maximum Gasteiger partial charge on any atom is 0.335 e. The summed E-state index contributed by atoms with van der Waals surface area (Å²) in [5, 5.41) is 9.17. The Morgan fingerprint density at radius 1 is 1.16 bits per heavy atom. The van der Waals surface area contributed by atoms with Crippen LogP contribution in [0.4, 0.5) is 0 Å². The molecule has 0 unspecified atom stereocenters. The number of hydrogen-bond acceptors (Lipinski definition) is 5. The number of carbonyl (C=O) groups excluding carboxylic acids is 1. The normalized spacial score (nSPS) is 10.9. The molecular weight excluding hydrogens is 368 g/mol. The molecule has 0 bridgehead atoms. The van der Waals surface area contributed by atoms with Gasteiger partial charge in [-0.2, -0.15) is 0 Å². The van der Waals surface area contributed by atoms with Crippen molar-refractivity contribution in [2.24, 2.45) is 0 Å². The summed E-state index contributed by atoms with van der Waals surface area (Å²) in [4.78, 5) is 23.4. The molecule has 0 radical (unpaired) electrons. The van der Waals surface area contributed by atoms with E-state index >= 15 is 0 Å². The fourth-order valence-electron chi connectivity index (χ4n) is 2.13. The van der Waals surface area contributed by atoms with Crippen molar-refractivity contribution in [3.63, 3.8) is 0 Å². The lowest BCUT2D eigenvalue weighted by atomic mass is 10.0. The van der Waals surface area contributed by atoms with E-state index in [1.54, 1.807) is 18.2 Å². The number of hydrogen-bond donors (Lipinski definition) is 1. The average Bonchev–Trinajstić information content (AvgIpc) is 2.58. The van der Waals surface area contributed by atoms with Gasteiger partial charge in [0.05, 0.1) is 16.0 Å². The van der Waals surface area contributed by atoms with Gasteiger partial charge in [0.25, 0.3) is 9.05 Å². The van der Waals surface area contributed by atoms with Gasteiger partial charge < -0.3 is 9.84 Å². The van der Waals surface area contributed by atoms with E-state index in [0.29, 0.717) is 0 Å². The predicted octanol–water partition coefficient (Wildman–Crippen LogP) is 3.11. The van der Waals surface area contributed by atoms with Gasteiger partial charge in [0.1, 0.15) is 12.4 Å². The van der Waals surface area contributed by atoms with E-state index in [9.17, 15) is 23.1 Å². The summed E-state index contributed by atoms with van der Waals surface area (Å²) in [5.74, 6) is -2.24. The first-order valence-electron chi connectivity index (χ1n) is 6.95. The van der Waals surface area contributed by atoms with E-state index < -0.39 is 25.7 Å². The number of benzene rings is 2. The Hall–Kier alpha value is -2.64. The van der Waals surface area contributed by atoms with E-state index in [-0.39, 0.29) is 29.0 Å². The van der Waals surface area contributed by atoms with Crippen LogP contribution in [0.1, 0.15) is 26.3 Å². The lowest BCUT2D eigenvalue weighted by Crippen LogP contribution is -2.13. The SMILES string of the molecule is C=CCOc1cc(C(=O)O)cc(S(=O)(=O)Cl)c1C(=O)c1ccccc1. The molecule has 2 aromatic carbocycles. The lowest BCUT2D eigenvalue weighted by Gasteiger charge is -2.14. The Kier molecular flexibility index (Phi) is 5.61. The smallest absolute Gasteiger partial charge is 0.335 e.